The van der Waals surface area contributed by atoms with Crippen LogP contribution in [0.3, 0.4) is 0 Å². The fourth-order valence-electron chi connectivity index (χ4n) is 1.88. The largest absolute Gasteiger partial charge is 0.444 e. The van der Waals surface area contributed by atoms with Gasteiger partial charge in [-0.05, 0) is 46.6 Å². The maximum absolute atomic E-state index is 11.5. The Labute approximate surface area is 139 Å². The summed E-state index contributed by atoms with van der Waals surface area (Å²) >= 11 is 0. The Hall–Kier alpha value is -0.900. The minimum atomic E-state index is -3.41. The standard InChI is InChI=1S/C14H31N3O5S/c1-14(2,3)22-13(18)17-8-5-7-12(11-21-4)16-9-6-10-23(15,19)20/h12,16H,5-11H2,1-4H3,(H,17,18)(H2,15,19,20). The first-order valence-electron chi connectivity index (χ1n) is 7.73. The Morgan fingerprint density at radius 3 is 2.39 bits per heavy atom. The molecule has 0 fully saturated rings. The number of amides is 1. The van der Waals surface area contributed by atoms with Gasteiger partial charge in [0.15, 0.2) is 0 Å². The van der Waals surface area contributed by atoms with Crippen LogP contribution in [0, 0.1) is 0 Å². The van der Waals surface area contributed by atoms with Gasteiger partial charge in [-0.25, -0.2) is 18.4 Å². The monoisotopic (exact) mass is 353 g/mol. The van der Waals surface area contributed by atoms with E-state index in [1.54, 1.807) is 7.11 Å². The van der Waals surface area contributed by atoms with Crippen molar-refractivity contribution in [2.24, 2.45) is 5.14 Å². The summed E-state index contributed by atoms with van der Waals surface area (Å²) in [5, 5.41) is 10.9. The molecule has 0 aliphatic rings. The second-order valence-electron chi connectivity index (χ2n) is 6.40. The highest BCUT2D eigenvalue weighted by Crippen LogP contribution is 2.06. The lowest BCUT2D eigenvalue weighted by Gasteiger charge is -2.20. The highest BCUT2D eigenvalue weighted by atomic mass is 32.2. The molecule has 0 radical (unpaired) electrons. The third-order valence-electron chi connectivity index (χ3n) is 2.80. The Bertz CT molecular complexity index is 434. The van der Waals surface area contributed by atoms with Gasteiger partial charge >= 0.3 is 6.09 Å². The Kier molecular flexibility index (Phi) is 10.4. The average molecular weight is 353 g/mol. The van der Waals surface area contributed by atoms with Crippen LogP contribution in [0.15, 0.2) is 0 Å². The molecule has 0 spiro atoms. The van der Waals surface area contributed by atoms with Crippen molar-refractivity contribution in [1.29, 1.82) is 0 Å². The van der Waals surface area contributed by atoms with Crippen LogP contribution < -0.4 is 15.8 Å². The van der Waals surface area contributed by atoms with Crippen molar-refractivity contribution < 1.29 is 22.7 Å². The number of hydrogen-bond acceptors (Lipinski definition) is 6. The lowest BCUT2D eigenvalue weighted by molar-refractivity contribution is 0.0526. The summed E-state index contributed by atoms with van der Waals surface area (Å²) in [5.41, 5.74) is -0.506. The molecule has 0 saturated heterocycles. The van der Waals surface area contributed by atoms with Crippen LogP contribution in [-0.4, -0.2) is 58.7 Å². The van der Waals surface area contributed by atoms with E-state index in [0.717, 1.165) is 12.8 Å². The Balaban J connectivity index is 3.89. The highest BCUT2D eigenvalue weighted by Gasteiger charge is 2.15. The SMILES string of the molecule is COCC(CCCNC(=O)OC(C)(C)C)NCCCS(N)(=O)=O. The quantitative estimate of drug-likeness (QED) is 0.467. The predicted molar refractivity (Wildman–Crippen MR) is 89.7 cm³/mol. The average Bonchev–Trinajstić information content (AvgIpc) is 2.36. The molecular formula is C14H31N3O5S. The van der Waals surface area contributed by atoms with Crippen molar-refractivity contribution >= 4 is 16.1 Å². The van der Waals surface area contributed by atoms with Gasteiger partial charge < -0.3 is 20.1 Å². The summed E-state index contributed by atoms with van der Waals surface area (Å²) in [5.74, 6) is -0.0418. The number of rotatable bonds is 11. The molecule has 1 unspecified atom stereocenters. The topological polar surface area (TPSA) is 120 Å². The van der Waals surface area contributed by atoms with Crippen molar-refractivity contribution in [1.82, 2.24) is 10.6 Å². The molecule has 0 aliphatic carbocycles. The number of carbonyl (C=O) groups excluding carboxylic acids is 1. The number of sulfonamides is 1. The van der Waals surface area contributed by atoms with Crippen molar-refractivity contribution in [3.63, 3.8) is 0 Å². The first-order valence-corrected chi connectivity index (χ1v) is 9.44. The number of nitrogens with two attached hydrogens (primary N) is 1. The molecule has 0 aliphatic heterocycles. The van der Waals surface area contributed by atoms with Gasteiger partial charge in [-0.2, -0.15) is 0 Å². The first kappa shape index (κ1) is 22.1. The highest BCUT2D eigenvalue weighted by molar-refractivity contribution is 7.89. The van der Waals surface area contributed by atoms with Crippen LogP contribution in [0.5, 0.6) is 0 Å². The molecule has 0 aromatic carbocycles. The minimum Gasteiger partial charge on any atom is -0.444 e. The first-order chi connectivity index (χ1) is 10.5. The molecular weight excluding hydrogens is 322 g/mol. The number of primary sulfonamides is 1. The van der Waals surface area contributed by atoms with Crippen LogP contribution in [-0.2, 0) is 19.5 Å². The number of methoxy groups -OCH3 is 1. The van der Waals surface area contributed by atoms with Gasteiger partial charge in [0.2, 0.25) is 10.0 Å². The van der Waals surface area contributed by atoms with Crippen LogP contribution in [0.2, 0.25) is 0 Å². The third-order valence-corrected chi connectivity index (χ3v) is 3.66. The zero-order valence-corrected chi connectivity index (χ0v) is 15.4. The zero-order chi connectivity index (χ0) is 17.9. The molecule has 138 valence electrons. The Morgan fingerprint density at radius 2 is 1.87 bits per heavy atom. The van der Waals surface area contributed by atoms with E-state index in [9.17, 15) is 13.2 Å². The molecule has 0 saturated carbocycles. The van der Waals surface area contributed by atoms with Gasteiger partial charge in [0.25, 0.3) is 0 Å². The number of alkyl carbamates (subject to hydrolysis) is 1. The molecule has 0 heterocycles. The maximum atomic E-state index is 11.5. The maximum Gasteiger partial charge on any atom is 0.407 e. The van der Waals surface area contributed by atoms with Crippen LogP contribution in [0.25, 0.3) is 0 Å². The minimum absolute atomic E-state index is 0.0418. The summed E-state index contributed by atoms with van der Waals surface area (Å²) in [6, 6.07) is 0.0981. The van der Waals surface area contributed by atoms with E-state index < -0.39 is 21.7 Å². The summed E-state index contributed by atoms with van der Waals surface area (Å²) < 4.78 is 32.0. The lowest BCUT2D eigenvalue weighted by atomic mass is 10.1. The van der Waals surface area contributed by atoms with Crippen molar-refractivity contribution in [2.75, 3.05) is 32.6 Å². The Morgan fingerprint density at radius 1 is 1.22 bits per heavy atom. The summed E-state index contributed by atoms with van der Waals surface area (Å²) in [6.45, 7) is 7.01. The molecule has 0 aromatic heterocycles. The predicted octanol–water partition coefficient (Wildman–Crippen LogP) is 0.575. The molecule has 9 heteroatoms. The van der Waals surface area contributed by atoms with E-state index in [4.69, 9.17) is 14.6 Å². The second-order valence-corrected chi connectivity index (χ2v) is 8.13. The van der Waals surface area contributed by atoms with Crippen molar-refractivity contribution in [3.05, 3.63) is 0 Å². The van der Waals surface area contributed by atoms with Gasteiger partial charge in [-0.15, -0.1) is 0 Å². The lowest BCUT2D eigenvalue weighted by Crippen LogP contribution is -2.36. The van der Waals surface area contributed by atoms with Gasteiger partial charge in [0.1, 0.15) is 5.60 Å². The van der Waals surface area contributed by atoms with E-state index >= 15 is 0 Å². The number of ether oxygens (including phenoxy) is 2. The van der Waals surface area contributed by atoms with Crippen molar-refractivity contribution in [3.8, 4) is 0 Å². The summed E-state index contributed by atoms with van der Waals surface area (Å²) in [6.07, 6.45) is 1.57. The normalized spacial score (nSPS) is 13.6. The van der Waals surface area contributed by atoms with Crippen molar-refractivity contribution in [2.45, 2.75) is 51.7 Å². The molecule has 4 N–H and O–H groups in total. The van der Waals surface area contributed by atoms with Gasteiger partial charge in [0, 0.05) is 19.7 Å². The number of hydrogen-bond donors (Lipinski definition) is 3. The molecule has 1 amide bonds. The zero-order valence-electron chi connectivity index (χ0n) is 14.6. The van der Waals surface area contributed by atoms with Gasteiger partial charge in [-0.3, -0.25) is 0 Å². The van der Waals surface area contributed by atoms with Gasteiger partial charge in [0.05, 0.1) is 12.4 Å². The summed E-state index contributed by atoms with van der Waals surface area (Å²) in [7, 11) is -1.80. The second kappa shape index (κ2) is 10.8. The van der Waals surface area contributed by atoms with Crippen LogP contribution >= 0.6 is 0 Å². The van der Waals surface area contributed by atoms with Crippen LogP contribution in [0.1, 0.15) is 40.0 Å². The molecule has 8 nitrogen and oxygen atoms in total. The molecule has 0 bridgehead atoms. The number of nitrogens with one attached hydrogen (secondary N) is 2. The van der Waals surface area contributed by atoms with E-state index in [1.807, 2.05) is 20.8 Å². The smallest absolute Gasteiger partial charge is 0.407 e. The molecule has 23 heavy (non-hydrogen) atoms. The van der Waals surface area contributed by atoms with E-state index in [1.165, 1.54) is 0 Å². The van der Waals surface area contributed by atoms with E-state index in [2.05, 4.69) is 10.6 Å². The molecule has 0 aromatic rings. The summed E-state index contributed by atoms with van der Waals surface area (Å²) in [4.78, 5) is 11.5. The van der Waals surface area contributed by atoms with Gasteiger partial charge in [-0.1, -0.05) is 0 Å². The fraction of sp³-hybridized carbons (Fsp3) is 0.929. The molecule has 1 atom stereocenters. The van der Waals surface area contributed by atoms with E-state index in [0.29, 0.717) is 26.1 Å². The van der Waals surface area contributed by atoms with E-state index in [-0.39, 0.29) is 11.8 Å². The fourth-order valence-corrected chi connectivity index (χ4v) is 2.42. The van der Waals surface area contributed by atoms with Crippen LogP contribution in [0.4, 0.5) is 4.79 Å². The third kappa shape index (κ3) is 15.8. The molecule has 0 rings (SSSR count). The number of carbonyl (C=O) groups is 1.